The van der Waals surface area contributed by atoms with Gasteiger partial charge in [-0.15, -0.1) is 0 Å². The van der Waals surface area contributed by atoms with Crippen LogP contribution in [-0.4, -0.2) is 29.3 Å². The van der Waals surface area contributed by atoms with Crippen molar-refractivity contribution in [2.45, 2.75) is 18.9 Å². The van der Waals surface area contributed by atoms with Crippen LogP contribution in [0, 0.1) is 0 Å². The predicted octanol–water partition coefficient (Wildman–Crippen LogP) is 2.53. The van der Waals surface area contributed by atoms with E-state index >= 15 is 0 Å². The SMILES string of the molecule is Oc1ccc2ccnc(NCC3CCCO3)c2c1. The van der Waals surface area contributed by atoms with Crippen LogP contribution in [0.2, 0.25) is 0 Å². The Morgan fingerprint density at radius 3 is 3.17 bits per heavy atom. The Morgan fingerprint density at radius 1 is 1.39 bits per heavy atom. The molecule has 4 nitrogen and oxygen atoms in total. The Morgan fingerprint density at radius 2 is 2.33 bits per heavy atom. The molecule has 0 spiro atoms. The smallest absolute Gasteiger partial charge is 0.134 e. The monoisotopic (exact) mass is 244 g/mol. The number of nitrogens with zero attached hydrogens (tertiary/aromatic N) is 1. The molecule has 0 saturated carbocycles. The summed E-state index contributed by atoms with van der Waals surface area (Å²) in [5.41, 5.74) is 0. The summed E-state index contributed by atoms with van der Waals surface area (Å²) in [6.45, 7) is 1.62. The van der Waals surface area contributed by atoms with Crippen molar-refractivity contribution in [1.29, 1.82) is 0 Å². The summed E-state index contributed by atoms with van der Waals surface area (Å²) in [6.07, 6.45) is 4.29. The third-order valence-corrected chi connectivity index (χ3v) is 3.27. The van der Waals surface area contributed by atoms with Gasteiger partial charge in [0.1, 0.15) is 11.6 Å². The number of hydrogen-bond acceptors (Lipinski definition) is 4. The van der Waals surface area contributed by atoms with Crippen LogP contribution in [0.5, 0.6) is 5.75 Å². The van der Waals surface area contributed by atoms with Crippen molar-refractivity contribution < 1.29 is 9.84 Å². The molecule has 1 aliphatic rings. The average Bonchev–Trinajstić information content (AvgIpc) is 2.89. The fraction of sp³-hybridized carbons (Fsp3) is 0.357. The summed E-state index contributed by atoms with van der Waals surface area (Å²) in [5, 5.41) is 14.9. The summed E-state index contributed by atoms with van der Waals surface area (Å²) in [7, 11) is 0. The van der Waals surface area contributed by atoms with Gasteiger partial charge in [0.05, 0.1) is 6.10 Å². The summed E-state index contributed by atoms with van der Waals surface area (Å²) in [6, 6.07) is 7.25. The molecular formula is C14H16N2O2. The highest BCUT2D eigenvalue weighted by atomic mass is 16.5. The number of anilines is 1. The summed E-state index contributed by atoms with van der Waals surface area (Å²) >= 11 is 0. The molecule has 1 aromatic carbocycles. The molecule has 1 aliphatic heterocycles. The van der Waals surface area contributed by atoms with E-state index in [1.807, 2.05) is 12.1 Å². The molecule has 0 radical (unpaired) electrons. The van der Waals surface area contributed by atoms with Crippen LogP contribution in [0.1, 0.15) is 12.8 Å². The van der Waals surface area contributed by atoms with E-state index in [1.165, 1.54) is 0 Å². The van der Waals surface area contributed by atoms with Crippen LogP contribution in [-0.2, 0) is 4.74 Å². The zero-order chi connectivity index (χ0) is 12.4. The van der Waals surface area contributed by atoms with Crippen LogP contribution >= 0.6 is 0 Å². The van der Waals surface area contributed by atoms with Crippen molar-refractivity contribution >= 4 is 16.6 Å². The van der Waals surface area contributed by atoms with Gasteiger partial charge in [0.25, 0.3) is 0 Å². The minimum absolute atomic E-state index is 0.260. The molecule has 0 aliphatic carbocycles. The molecule has 1 atom stereocenters. The van der Waals surface area contributed by atoms with Crippen LogP contribution in [0.15, 0.2) is 30.5 Å². The van der Waals surface area contributed by atoms with Gasteiger partial charge in [0.2, 0.25) is 0 Å². The van der Waals surface area contributed by atoms with Crippen LogP contribution in [0.4, 0.5) is 5.82 Å². The van der Waals surface area contributed by atoms with Crippen LogP contribution in [0.3, 0.4) is 0 Å². The molecule has 2 aromatic rings. The number of hydrogen-bond donors (Lipinski definition) is 2. The van der Waals surface area contributed by atoms with Crippen LogP contribution < -0.4 is 5.32 Å². The second kappa shape index (κ2) is 4.82. The summed E-state index contributed by atoms with van der Waals surface area (Å²) in [5.74, 6) is 1.06. The Balaban J connectivity index is 1.84. The Hall–Kier alpha value is -1.81. The standard InChI is InChI=1S/C14H16N2O2/c17-11-4-3-10-5-6-15-14(13(10)8-11)16-9-12-2-1-7-18-12/h3-6,8,12,17H,1-2,7,9H2,(H,15,16). The third-order valence-electron chi connectivity index (χ3n) is 3.27. The predicted molar refractivity (Wildman–Crippen MR) is 70.9 cm³/mol. The molecule has 0 bridgehead atoms. The van der Waals surface area contributed by atoms with Gasteiger partial charge in [-0.05, 0) is 36.4 Å². The second-order valence-corrected chi connectivity index (χ2v) is 4.58. The summed E-state index contributed by atoms with van der Waals surface area (Å²) in [4.78, 5) is 4.33. The molecule has 1 aromatic heterocycles. The van der Waals surface area contributed by atoms with Crippen molar-refractivity contribution in [2.24, 2.45) is 0 Å². The fourth-order valence-electron chi connectivity index (χ4n) is 2.31. The molecule has 1 saturated heterocycles. The van der Waals surface area contributed by atoms with Gasteiger partial charge >= 0.3 is 0 Å². The number of pyridine rings is 1. The van der Waals surface area contributed by atoms with Gasteiger partial charge in [-0.25, -0.2) is 4.98 Å². The maximum Gasteiger partial charge on any atom is 0.134 e. The van der Waals surface area contributed by atoms with Gasteiger partial charge in [0, 0.05) is 24.7 Å². The maximum absolute atomic E-state index is 9.55. The molecule has 0 amide bonds. The highest BCUT2D eigenvalue weighted by molar-refractivity contribution is 5.92. The highest BCUT2D eigenvalue weighted by Gasteiger charge is 2.15. The molecule has 94 valence electrons. The lowest BCUT2D eigenvalue weighted by Gasteiger charge is -2.13. The topological polar surface area (TPSA) is 54.4 Å². The zero-order valence-corrected chi connectivity index (χ0v) is 10.1. The Labute approximate surface area is 106 Å². The zero-order valence-electron chi connectivity index (χ0n) is 10.1. The second-order valence-electron chi connectivity index (χ2n) is 4.58. The van der Waals surface area contributed by atoms with E-state index in [2.05, 4.69) is 10.3 Å². The first-order valence-corrected chi connectivity index (χ1v) is 6.26. The van der Waals surface area contributed by atoms with E-state index in [-0.39, 0.29) is 11.9 Å². The number of benzene rings is 1. The maximum atomic E-state index is 9.55. The minimum Gasteiger partial charge on any atom is -0.508 e. The molecule has 1 unspecified atom stereocenters. The highest BCUT2D eigenvalue weighted by Crippen LogP contribution is 2.25. The lowest BCUT2D eigenvalue weighted by atomic mass is 10.1. The lowest BCUT2D eigenvalue weighted by Crippen LogP contribution is -2.19. The first kappa shape index (κ1) is 11.3. The Bertz CT molecular complexity index is 550. The fourth-order valence-corrected chi connectivity index (χ4v) is 2.31. The number of aromatic nitrogens is 1. The molecular weight excluding hydrogens is 228 g/mol. The molecule has 3 rings (SSSR count). The van der Waals surface area contributed by atoms with E-state index < -0.39 is 0 Å². The molecule has 18 heavy (non-hydrogen) atoms. The van der Waals surface area contributed by atoms with Gasteiger partial charge < -0.3 is 15.2 Å². The normalized spacial score (nSPS) is 19.2. The first-order chi connectivity index (χ1) is 8.83. The molecule has 4 heteroatoms. The van der Waals surface area contributed by atoms with E-state index in [4.69, 9.17) is 4.74 Å². The molecule has 1 fully saturated rings. The van der Waals surface area contributed by atoms with E-state index in [0.717, 1.165) is 42.6 Å². The average molecular weight is 244 g/mol. The van der Waals surface area contributed by atoms with Crippen molar-refractivity contribution in [2.75, 3.05) is 18.5 Å². The number of nitrogens with one attached hydrogen (secondary N) is 1. The van der Waals surface area contributed by atoms with E-state index in [0.29, 0.717) is 0 Å². The van der Waals surface area contributed by atoms with Gasteiger partial charge in [-0.2, -0.15) is 0 Å². The number of ether oxygens (including phenoxy) is 1. The van der Waals surface area contributed by atoms with Crippen LogP contribution in [0.25, 0.3) is 10.8 Å². The first-order valence-electron chi connectivity index (χ1n) is 6.26. The quantitative estimate of drug-likeness (QED) is 0.871. The van der Waals surface area contributed by atoms with Crippen molar-refractivity contribution in [3.05, 3.63) is 30.5 Å². The number of rotatable bonds is 3. The summed E-state index contributed by atoms with van der Waals surface area (Å²) < 4.78 is 5.57. The van der Waals surface area contributed by atoms with E-state index in [1.54, 1.807) is 18.3 Å². The molecule has 2 heterocycles. The molecule has 2 N–H and O–H groups in total. The third kappa shape index (κ3) is 2.24. The van der Waals surface area contributed by atoms with Crippen molar-refractivity contribution in [3.63, 3.8) is 0 Å². The number of aromatic hydroxyl groups is 1. The largest absolute Gasteiger partial charge is 0.508 e. The van der Waals surface area contributed by atoms with Gasteiger partial charge in [-0.1, -0.05) is 6.07 Å². The number of fused-ring (bicyclic) bond motifs is 1. The van der Waals surface area contributed by atoms with Gasteiger partial charge in [0.15, 0.2) is 0 Å². The number of phenolic OH excluding ortho intramolecular Hbond substituents is 1. The Kier molecular flexibility index (Phi) is 3.02. The number of phenols is 1. The lowest BCUT2D eigenvalue weighted by molar-refractivity contribution is 0.120. The van der Waals surface area contributed by atoms with E-state index in [9.17, 15) is 5.11 Å². The van der Waals surface area contributed by atoms with Crippen molar-refractivity contribution in [1.82, 2.24) is 4.98 Å². The van der Waals surface area contributed by atoms with Crippen molar-refractivity contribution in [3.8, 4) is 5.75 Å². The van der Waals surface area contributed by atoms with Gasteiger partial charge in [-0.3, -0.25) is 0 Å². The minimum atomic E-state index is 0.260.